The third-order valence-electron chi connectivity index (χ3n) is 2.41. The fraction of sp³-hybridized carbons (Fsp3) is 0.214. The van der Waals surface area contributed by atoms with Gasteiger partial charge in [0.2, 0.25) is 0 Å². The molecule has 1 aromatic rings. The molecule has 0 spiro atoms. The molecule has 0 bridgehead atoms. The summed E-state index contributed by atoms with van der Waals surface area (Å²) in [5, 5.41) is 9.35. The van der Waals surface area contributed by atoms with Gasteiger partial charge in [-0.1, -0.05) is 46.3 Å². The van der Waals surface area contributed by atoms with E-state index in [1.54, 1.807) is 12.2 Å². The Balaban J connectivity index is 3.04. The van der Waals surface area contributed by atoms with E-state index in [4.69, 9.17) is 0 Å². The Morgan fingerprint density at radius 1 is 1.29 bits per heavy atom. The van der Waals surface area contributed by atoms with Crippen LogP contribution in [0.3, 0.4) is 0 Å². The lowest BCUT2D eigenvalue weighted by molar-refractivity contribution is 0.290. The summed E-state index contributed by atoms with van der Waals surface area (Å²) in [6.07, 6.45) is 3.59. The van der Waals surface area contributed by atoms with Crippen molar-refractivity contribution >= 4 is 15.9 Å². The van der Waals surface area contributed by atoms with Gasteiger partial charge in [0.1, 0.15) is 6.04 Å². The van der Waals surface area contributed by atoms with Crippen LogP contribution < -0.4 is 0 Å². The molecule has 0 amide bonds. The van der Waals surface area contributed by atoms with E-state index in [2.05, 4.69) is 35.2 Å². The molecule has 0 saturated carbocycles. The minimum Gasteiger partial charge on any atom is -0.277 e. The molecule has 1 unspecified atom stereocenters. The Labute approximate surface area is 111 Å². The van der Waals surface area contributed by atoms with Crippen molar-refractivity contribution < 1.29 is 0 Å². The molecule has 1 rings (SSSR count). The Morgan fingerprint density at radius 3 is 2.35 bits per heavy atom. The molecule has 0 aliphatic carbocycles. The van der Waals surface area contributed by atoms with Crippen LogP contribution in [0.4, 0.5) is 0 Å². The summed E-state index contributed by atoms with van der Waals surface area (Å²) in [4.78, 5) is 2.01. The summed E-state index contributed by atoms with van der Waals surface area (Å²) in [6.45, 7) is 8.75. The van der Waals surface area contributed by atoms with Gasteiger partial charge >= 0.3 is 0 Å². The van der Waals surface area contributed by atoms with Gasteiger partial charge in [-0.3, -0.25) is 4.90 Å². The zero-order valence-electron chi connectivity index (χ0n) is 9.64. The third kappa shape index (κ3) is 3.55. The molecular formula is C14H15BrN2. The topological polar surface area (TPSA) is 27.0 Å². The van der Waals surface area contributed by atoms with Gasteiger partial charge in [0, 0.05) is 17.6 Å². The van der Waals surface area contributed by atoms with Crippen molar-refractivity contribution in [3.05, 3.63) is 59.6 Å². The summed E-state index contributed by atoms with van der Waals surface area (Å²) in [5.74, 6) is 0. The van der Waals surface area contributed by atoms with E-state index < -0.39 is 0 Å². The molecule has 0 aliphatic heterocycles. The van der Waals surface area contributed by atoms with Crippen LogP contribution in [0.2, 0.25) is 0 Å². The van der Waals surface area contributed by atoms with Crippen LogP contribution in [0.15, 0.2) is 54.0 Å². The largest absolute Gasteiger partial charge is 0.277 e. The van der Waals surface area contributed by atoms with Crippen molar-refractivity contribution in [2.75, 3.05) is 13.1 Å². The lowest BCUT2D eigenvalue weighted by Crippen LogP contribution is -2.28. The first-order valence-electron chi connectivity index (χ1n) is 5.34. The molecule has 2 nitrogen and oxygen atoms in total. The molecule has 0 aromatic heterocycles. The molecule has 88 valence electrons. The smallest absolute Gasteiger partial charge is 0.125 e. The molecule has 0 aliphatic rings. The molecule has 0 fully saturated rings. The molecule has 17 heavy (non-hydrogen) atoms. The fourth-order valence-corrected chi connectivity index (χ4v) is 2.16. The number of hydrogen-bond acceptors (Lipinski definition) is 2. The first-order chi connectivity index (χ1) is 8.24. The second-order valence-corrected chi connectivity index (χ2v) is 4.44. The highest BCUT2D eigenvalue weighted by Gasteiger charge is 2.19. The second-order valence-electron chi connectivity index (χ2n) is 3.58. The van der Waals surface area contributed by atoms with Crippen LogP contribution in [0.1, 0.15) is 11.6 Å². The van der Waals surface area contributed by atoms with Gasteiger partial charge in [0.15, 0.2) is 0 Å². The highest BCUT2D eigenvalue weighted by atomic mass is 79.9. The number of nitrogens with zero attached hydrogens (tertiary/aromatic N) is 2. The van der Waals surface area contributed by atoms with Gasteiger partial charge < -0.3 is 0 Å². The van der Waals surface area contributed by atoms with E-state index in [0.717, 1.165) is 10.0 Å². The van der Waals surface area contributed by atoms with Crippen molar-refractivity contribution in [3.63, 3.8) is 0 Å². The van der Waals surface area contributed by atoms with E-state index in [1.165, 1.54) is 0 Å². The first kappa shape index (κ1) is 13.7. The zero-order chi connectivity index (χ0) is 12.7. The molecule has 1 aromatic carbocycles. The summed E-state index contributed by atoms with van der Waals surface area (Å²) >= 11 is 3.48. The van der Waals surface area contributed by atoms with E-state index in [1.807, 2.05) is 29.2 Å². The Hall–Kier alpha value is -1.37. The maximum Gasteiger partial charge on any atom is 0.125 e. The SMILES string of the molecule is C=CCN(CC=C)C(C#N)c1ccccc1Br. The quantitative estimate of drug-likeness (QED) is 0.747. The van der Waals surface area contributed by atoms with Gasteiger partial charge in [-0.25, -0.2) is 0 Å². The van der Waals surface area contributed by atoms with Gasteiger partial charge in [0.05, 0.1) is 6.07 Å². The van der Waals surface area contributed by atoms with E-state index in [9.17, 15) is 5.26 Å². The highest BCUT2D eigenvalue weighted by Crippen LogP contribution is 2.27. The molecular weight excluding hydrogens is 276 g/mol. The lowest BCUT2D eigenvalue weighted by Gasteiger charge is -2.25. The van der Waals surface area contributed by atoms with Gasteiger partial charge in [0.25, 0.3) is 0 Å². The van der Waals surface area contributed by atoms with Crippen LogP contribution >= 0.6 is 15.9 Å². The highest BCUT2D eigenvalue weighted by molar-refractivity contribution is 9.10. The lowest BCUT2D eigenvalue weighted by atomic mass is 10.1. The number of nitriles is 1. The maximum atomic E-state index is 9.35. The molecule has 0 radical (unpaired) electrons. The van der Waals surface area contributed by atoms with Gasteiger partial charge in [-0.15, -0.1) is 13.2 Å². The Bertz CT molecular complexity index is 424. The van der Waals surface area contributed by atoms with Crippen molar-refractivity contribution in [1.82, 2.24) is 4.90 Å². The third-order valence-corrected chi connectivity index (χ3v) is 3.14. The average molecular weight is 291 g/mol. The zero-order valence-corrected chi connectivity index (χ0v) is 11.2. The minimum atomic E-state index is -0.290. The standard InChI is InChI=1S/C14H15BrN2/c1-3-9-17(10-4-2)14(11-16)12-7-5-6-8-13(12)15/h3-8,14H,1-2,9-10H2. The second kappa shape index (κ2) is 7.05. The predicted octanol–water partition coefficient (Wildman–Crippen LogP) is 3.69. The molecule has 3 heteroatoms. The average Bonchev–Trinajstić information content (AvgIpc) is 2.33. The first-order valence-corrected chi connectivity index (χ1v) is 6.13. The number of rotatable bonds is 6. The summed E-state index contributed by atoms with van der Waals surface area (Å²) < 4.78 is 0.949. The summed E-state index contributed by atoms with van der Waals surface area (Å²) in [6, 6.07) is 9.81. The number of benzene rings is 1. The molecule has 0 N–H and O–H groups in total. The van der Waals surface area contributed by atoms with E-state index in [-0.39, 0.29) is 6.04 Å². The van der Waals surface area contributed by atoms with Gasteiger partial charge in [-0.05, 0) is 11.6 Å². The van der Waals surface area contributed by atoms with E-state index >= 15 is 0 Å². The normalized spacial score (nSPS) is 11.8. The van der Waals surface area contributed by atoms with Crippen molar-refractivity contribution in [1.29, 1.82) is 5.26 Å². The molecule has 0 heterocycles. The molecule has 0 saturated heterocycles. The fourth-order valence-electron chi connectivity index (χ4n) is 1.66. The van der Waals surface area contributed by atoms with Crippen LogP contribution in [0.5, 0.6) is 0 Å². The van der Waals surface area contributed by atoms with Crippen molar-refractivity contribution in [2.24, 2.45) is 0 Å². The van der Waals surface area contributed by atoms with Crippen LogP contribution in [0, 0.1) is 11.3 Å². The monoisotopic (exact) mass is 290 g/mol. The Morgan fingerprint density at radius 2 is 1.88 bits per heavy atom. The summed E-state index contributed by atoms with van der Waals surface area (Å²) in [7, 11) is 0. The minimum absolute atomic E-state index is 0.290. The van der Waals surface area contributed by atoms with Crippen LogP contribution in [-0.2, 0) is 0 Å². The maximum absolute atomic E-state index is 9.35. The molecule has 1 atom stereocenters. The number of halogens is 1. The van der Waals surface area contributed by atoms with Crippen molar-refractivity contribution in [3.8, 4) is 6.07 Å². The summed E-state index contributed by atoms with van der Waals surface area (Å²) in [5.41, 5.74) is 0.971. The predicted molar refractivity (Wildman–Crippen MR) is 74.5 cm³/mol. The van der Waals surface area contributed by atoms with Gasteiger partial charge in [-0.2, -0.15) is 5.26 Å². The van der Waals surface area contributed by atoms with Crippen LogP contribution in [-0.4, -0.2) is 18.0 Å². The van der Waals surface area contributed by atoms with Crippen molar-refractivity contribution in [2.45, 2.75) is 6.04 Å². The van der Waals surface area contributed by atoms with E-state index in [0.29, 0.717) is 13.1 Å². The number of hydrogen-bond donors (Lipinski definition) is 0. The van der Waals surface area contributed by atoms with Crippen LogP contribution in [0.25, 0.3) is 0 Å². The Kier molecular flexibility index (Phi) is 5.68.